The molecular weight excluding hydrogens is 419 g/mol. The van der Waals surface area contributed by atoms with Gasteiger partial charge in [0.15, 0.2) is 6.23 Å². The highest BCUT2D eigenvalue weighted by atomic mass is 35.5. The summed E-state index contributed by atoms with van der Waals surface area (Å²) in [6.07, 6.45) is -0.909. The van der Waals surface area contributed by atoms with E-state index in [-0.39, 0.29) is 0 Å². The molecule has 3 aromatic rings. The second-order valence-corrected chi connectivity index (χ2v) is 8.01. The first-order chi connectivity index (χ1) is 14.0. The average Bonchev–Trinajstić information content (AvgIpc) is 3.25. The first-order valence-electron chi connectivity index (χ1n) is 9.13. The Kier molecular flexibility index (Phi) is 4.65. The van der Waals surface area contributed by atoms with Gasteiger partial charge in [-0.3, -0.25) is 0 Å². The molecular formula is C19H18Cl2N4O4. The topological polar surface area (TPSA) is 116 Å². The smallest absolute Gasteiger partial charge is 0.164 e. The van der Waals surface area contributed by atoms with Crippen LogP contribution in [0.15, 0.2) is 30.7 Å². The summed E-state index contributed by atoms with van der Waals surface area (Å²) in [7, 11) is 0. The van der Waals surface area contributed by atoms with Crippen LogP contribution in [-0.2, 0) is 15.9 Å². The van der Waals surface area contributed by atoms with E-state index in [0.717, 1.165) is 11.1 Å². The summed E-state index contributed by atoms with van der Waals surface area (Å²) >= 11 is 12.3. The zero-order chi connectivity index (χ0) is 20.3. The Morgan fingerprint density at radius 1 is 1.14 bits per heavy atom. The molecule has 0 saturated carbocycles. The summed E-state index contributed by atoms with van der Waals surface area (Å²) in [5.41, 5.74) is 8.18. The fourth-order valence-corrected chi connectivity index (χ4v) is 4.46. The van der Waals surface area contributed by atoms with Crippen LogP contribution in [0.2, 0.25) is 10.0 Å². The molecule has 0 radical (unpaired) electrons. The monoisotopic (exact) mass is 436 g/mol. The van der Waals surface area contributed by atoms with E-state index >= 15 is 0 Å². The van der Waals surface area contributed by atoms with Gasteiger partial charge in [0.2, 0.25) is 0 Å². The number of ether oxygens (including phenoxy) is 2. The third kappa shape index (κ3) is 2.99. The lowest BCUT2D eigenvalue weighted by Crippen LogP contribution is -2.37. The van der Waals surface area contributed by atoms with Crippen molar-refractivity contribution in [3.8, 4) is 0 Å². The van der Waals surface area contributed by atoms with Gasteiger partial charge in [0, 0.05) is 6.20 Å². The van der Waals surface area contributed by atoms with Gasteiger partial charge in [-0.1, -0.05) is 23.2 Å². The molecule has 1 aromatic carbocycles. The van der Waals surface area contributed by atoms with Crippen LogP contribution in [0.1, 0.15) is 23.5 Å². The second kappa shape index (κ2) is 7.09. The molecule has 5 rings (SSSR count). The maximum absolute atomic E-state index is 10.8. The molecule has 0 spiro atoms. The molecule has 1 saturated heterocycles. The van der Waals surface area contributed by atoms with Crippen LogP contribution in [0.5, 0.6) is 0 Å². The Morgan fingerprint density at radius 3 is 2.76 bits per heavy atom. The molecule has 10 heteroatoms. The first kappa shape index (κ1) is 19.0. The van der Waals surface area contributed by atoms with E-state index in [4.69, 9.17) is 38.4 Å². The molecule has 1 fully saturated rings. The summed E-state index contributed by atoms with van der Waals surface area (Å²) < 4.78 is 13.7. The average molecular weight is 437 g/mol. The lowest BCUT2D eigenvalue weighted by Gasteiger charge is -2.31. The van der Waals surface area contributed by atoms with Crippen LogP contribution < -0.4 is 5.73 Å². The highest BCUT2D eigenvalue weighted by molar-refractivity contribution is 6.42. The zero-order valence-electron chi connectivity index (χ0n) is 15.1. The van der Waals surface area contributed by atoms with Gasteiger partial charge in [-0.15, -0.1) is 0 Å². The van der Waals surface area contributed by atoms with E-state index in [2.05, 4.69) is 9.97 Å². The Bertz CT molecular complexity index is 1090. The van der Waals surface area contributed by atoms with Crippen molar-refractivity contribution in [1.82, 2.24) is 14.5 Å². The van der Waals surface area contributed by atoms with E-state index in [1.165, 1.54) is 6.33 Å². The Morgan fingerprint density at radius 2 is 1.93 bits per heavy atom. The molecule has 0 unspecified atom stereocenters. The minimum absolute atomic E-state index is 0.328. The van der Waals surface area contributed by atoms with Crippen molar-refractivity contribution >= 4 is 40.1 Å². The predicted molar refractivity (Wildman–Crippen MR) is 107 cm³/mol. The Balaban J connectivity index is 1.51. The van der Waals surface area contributed by atoms with Gasteiger partial charge >= 0.3 is 0 Å². The SMILES string of the molecule is Nc1ncnc2c1ccn2[C@@H]1O[C@H]([C@@H]2OCCc3cc(Cl)c(Cl)cc32)[C@@H](O)[C@H]1O. The summed E-state index contributed by atoms with van der Waals surface area (Å²) in [6, 6.07) is 5.29. The van der Waals surface area contributed by atoms with Gasteiger partial charge < -0.3 is 30.0 Å². The first-order valence-corrected chi connectivity index (χ1v) is 9.89. The van der Waals surface area contributed by atoms with Gasteiger partial charge in [-0.2, -0.15) is 0 Å². The summed E-state index contributed by atoms with van der Waals surface area (Å²) in [5, 5.41) is 23.0. The highest BCUT2D eigenvalue weighted by Gasteiger charge is 2.49. The van der Waals surface area contributed by atoms with E-state index in [9.17, 15) is 10.2 Å². The summed E-state index contributed by atoms with van der Waals surface area (Å²) in [5.74, 6) is 0.328. The fraction of sp³-hybridized carbons (Fsp3) is 0.368. The van der Waals surface area contributed by atoms with Crippen LogP contribution in [0.25, 0.3) is 11.0 Å². The van der Waals surface area contributed by atoms with E-state index in [1.807, 2.05) is 6.07 Å². The molecule has 0 amide bonds. The molecule has 5 atom stereocenters. The number of nitrogens with two attached hydrogens (primary N) is 1. The normalized spacial score (nSPS) is 29.3. The lowest BCUT2D eigenvalue weighted by atomic mass is 9.92. The molecule has 4 N–H and O–H groups in total. The molecule has 2 aliphatic heterocycles. The zero-order valence-corrected chi connectivity index (χ0v) is 16.6. The number of benzene rings is 1. The molecule has 8 nitrogen and oxygen atoms in total. The van der Waals surface area contributed by atoms with E-state index < -0.39 is 30.6 Å². The van der Waals surface area contributed by atoms with Crippen LogP contribution in [-0.4, -0.2) is 49.7 Å². The number of hydrogen-bond acceptors (Lipinski definition) is 7. The highest BCUT2D eigenvalue weighted by Crippen LogP contribution is 2.43. The summed E-state index contributed by atoms with van der Waals surface area (Å²) in [4.78, 5) is 8.20. The van der Waals surface area contributed by atoms with Crippen molar-refractivity contribution < 1.29 is 19.7 Å². The van der Waals surface area contributed by atoms with Gasteiger partial charge in [0.05, 0.1) is 22.0 Å². The van der Waals surface area contributed by atoms with Crippen molar-refractivity contribution in [2.24, 2.45) is 0 Å². The number of rotatable bonds is 2. The molecule has 4 heterocycles. The third-order valence-electron chi connectivity index (χ3n) is 5.55. The Labute approximate surface area is 175 Å². The van der Waals surface area contributed by atoms with Gasteiger partial charge in [-0.25, -0.2) is 9.97 Å². The molecule has 0 bridgehead atoms. The lowest BCUT2D eigenvalue weighted by molar-refractivity contribution is -0.113. The van der Waals surface area contributed by atoms with Crippen molar-refractivity contribution in [2.45, 2.75) is 37.1 Å². The molecule has 2 aromatic heterocycles. The van der Waals surface area contributed by atoms with Gasteiger partial charge in [-0.05, 0) is 35.7 Å². The minimum atomic E-state index is -1.19. The van der Waals surface area contributed by atoms with Crippen molar-refractivity contribution in [3.05, 3.63) is 51.9 Å². The third-order valence-corrected chi connectivity index (χ3v) is 6.27. The maximum atomic E-state index is 10.8. The number of nitrogen functional groups attached to an aromatic ring is 1. The quantitative estimate of drug-likeness (QED) is 0.563. The maximum Gasteiger partial charge on any atom is 0.164 e. The van der Waals surface area contributed by atoms with Crippen molar-refractivity contribution in [1.29, 1.82) is 0 Å². The fourth-order valence-electron chi connectivity index (χ4n) is 4.10. The van der Waals surface area contributed by atoms with Crippen LogP contribution in [0.4, 0.5) is 5.82 Å². The van der Waals surface area contributed by atoms with E-state index in [0.29, 0.717) is 39.9 Å². The van der Waals surface area contributed by atoms with Crippen molar-refractivity contribution in [2.75, 3.05) is 12.3 Å². The van der Waals surface area contributed by atoms with E-state index in [1.54, 1.807) is 22.9 Å². The molecule has 152 valence electrons. The number of aliphatic hydroxyl groups excluding tert-OH is 2. The molecule has 0 aliphatic carbocycles. The van der Waals surface area contributed by atoms with Crippen molar-refractivity contribution in [3.63, 3.8) is 0 Å². The molecule has 2 aliphatic rings. The summed E-state index contributed by atoms with van der Waals surface area (Å²) in [6.45, 7) is 0.444. The largest absolute Gasteiger partial charge is 0.387 e. The predicted octanol–water partition coefficient (Wildman–Crippen LogP) is 2.25. The van der Waals surface area contributed by atoms with Crippen LogP contribution in [0.3, 0.4) is 0 Å². The number of aliphatic hydroxyl groups is 2. The second-order valence-electron chi connectivity index (χ2n) is 7.20. The standard InChI is InChI=1S/C19H18Cl2N4O4/c20-11-5-8-2-4-28-15(10(8)6-12(11)21)16-13(26)14(27)19(29-16)25-3-1-9-17(22)23-7-24-18(9)25/h1,3,5-7,13-16,19,26-27H,2,4H2,(H2,22,23,24)/t13-,14+,15+,16-,19+/m0/s1. The molecule has 29 heavy (non-hydrogen) atoms. The minimum Gasteiger partial charge on any atom is -0.387 e. The number of fused-ring (bicyclic) bond motifs is 2. The van der Waals surface area contributed by atoms with Crippen LogP contribution in [0, 0.1) is 0 Å². The Hall–Kier alpha value is -1.94. The van der Waals surface area contributed by atoms with Gasteiger partial charge in [0.1, 0.15) is 42.2 Å². The van der Waals surface area contributed by atoms with Gasteiger partial charge in [0.25, 0.3) is 0 Å². The van der Waals surface area contributed by atoms with Crippen LogP contribution >= 0.6 is 23.2 Å². The number of aromatic nitrogens is 3. The number of hydrogen-bond donors (Lipinski definition) is 3. The number of nitrogens with zero attached hydrogens (tertiary/aromatic N) is 3. The number of anilines is 1. The number of halogens is 2.